The zero-order valence-corrected chi connectivity index (χ0v) is 13.4. The van der Waals surface area contributed by atoms with E-state index in [-0.39, 0.29) is 5.91 Å². The van der Waals surface area contributed by atoms with Crippen LogP contribution < -0.4 is 5.32 Å². The van der Waals surface area contributed by atoms with Gasteiger partial charge in [0.2, 0.25) is 0 Å². The van der Waals surface area contributed by atoms with Crippen molar-refractivity contribution in [2.24, 2.45) is 4.99 Å². The van der Waals surface area contributed by atoms with Crippen LogP contribution in [0.2, 0.25) is 5.02 Å². The molecule has 2 aromatic rings. The van der Waals surface area contributed by atoms with Crippen molar-refractivity contribution in [1.82, 2.24) is 5.32 Å². The van der Waals surface area contributed by atoms with E-state index in [4.69, 9.17) is 11.6 Å². The molecule has 1 amide bonds. The third-order valence-electron chi connectivity index (χ3n) is 3.08. The molecule has 0 unspecified atom stereocenters. The SMILES string of the molecule is Cc1ccc(N=C2NC(=O)/C(=C\c3ccc(Cl)cc3)S2)cc1. The van der Waals surface area contributed by atoms with Crippen LogP contribution in [0.3, 0.4) is 0 Å². The average molecular weight is 329 g/mol. The molecule has 0 saturated carbocycles. The predicted molar refractivity (Wildman–Crippen MR) is 93.4 cm³/mol. The number of aryl methyl sites for hydroxylation is 1. The lowest BCUT2D eigenvalue weighted by Gasteiger charge is -1.97. The summed E-state index contributed by atoms with van der Waals surface area (Å²) < 4.78 is 0. The lowest BCUT2D eigenvalue weighted by molar-refractivity contribution is -0.115. The maximum atomic E-state index is 12.0. The second kappa shape index (κ2) is 6.38. The molecule has 1 fully saturated rings. The number of thioether (sulfide) groups is 1. The maximum absolute atomic E-state index is 12.0. The molecule has 22 heavy (non-hydrogen) atoms. The first kappa shape index (κ1) is 14.9. The molecule has 0 bridgehead atoms. The van der Waals surface area contributed by atoms with E-state index in [9.17, 15) is 4.79 Å². The Kier molecular flexibility index (Phi) is 4.32. The second-order valence-corrected chi connectivity index (χ2v) is 6.34. The lowest BCUT2D eigenvalue weighted by Crippen LogP contribution is -2.19. The Balaban J connectivity index is 1.80. The fourth-order valence-corrected chi connectivity index (χ4v) is 2.90. The van der Waals surface area contributed by atoms with Crippen LogP contribution in [0.4, 0.5) is 5.69 Å². The van der Waals surface area contributed by atoms with Crippen molar-refractivity contribution in [2.75, 3.05) is 0 Å². The molecule has 1 N–H and O–H groups in total. The van der Waals surface area contributed by atoms with Crippen LogP contribution in [0.1, 0.15) is 11.1 Å². The highest BCUT2D eigenvalue weighted by Gasteiger charge is 2.23. The summed E-state index contributed by atoms with van der Waals surface area (Å²) in [6.07, 6.45) is 1.83. The topological polar surface area (TPSA) is 41.5 Å². The first-order chi connectivity index (χ1) is 10.6. The van der Waals surface area contributed by atoms with E-state index < -0.39 is 0 Å². The molecular formula is C17H13ClN2OS. The number of amidine groups is 1. The molecule has 1 aliphatic heterocycles. The van der Waals surface area contributed by atoms with Crippen molar-refractivity contribution in [3.8, 4) is 0 Å². The van der Waals surface area contributed by atoms with Gasteiger partial charge < -0.3 is 5.32 Å². The van der Waals surface area contributed by atoms with Gasteiger partial charge in [0.25, 0.3) is 5.91 Å². The molecule has 110 valence electrons. The summed E-state index contributed by atoms with van der Waals surface area (Å²) in [5, 5.41) is 4.04. The number of carbonyl (C=O) groups is 1. The molecule has 3 nitrogen and oxygen atoms in total. The fraction of sp³-hybridized carbons (Fsp3) is 0.0588. The molecule has 0 aromatic heterocycles. The Bertz CT molecular complexity index is 764. The number of carbonyl (C=O) groups excluding carboxylic acids is 1. The standard InChI is InChI=1S/C17H13ClN2OS/c1-11-2-8-14(9-3-11)19-17-20-16(21)15(22-17)10-12-4-6-13(18)7-5-12/h2-10H,1H3,(H,19,20,21)/b15-10+. The highest BCUT2D eigenvalue weighted by molar-refractivity contribution is 8.18. The normalized spacial score (nSPS) is 18.0. The first-order valence-corrected chi connectivity index (χ1v) is 7.91. The molecule has 0 spiro atoms. The molecule has 3 rings (SSSR count). The molecule has 1 aliphatic rings. The summed E-state index contributed by atoms with van der Waals surface area (Å²) in [5.74, 6) is -0.134. The van der Waals surface area contributed by atoms with E-state index in [1.807, 2.05) is 49.4 Å². The van der Waals surface area contributed by atoms with Crippen LogP contribution in [-0.2, 0) is 4.79 Å². The monoisotopic (exact) mass is 328 g/mol. The molecule has 0 radical (unpaired) electrons. The van der Waals surface area contributed by atoms with Crippen molar-refractivity contribution < 1.29 is 4.79 Å². The number of nitrogens with zero attached hydrogens (tertiary/aromatic N) is 1. The predicted octanol–water partition coefficient (Wildman–Crippen LogP) is 4.54. The van der Waals surface area contributed by atoms with Gasteiger partial charge in [-0.2, -0.15) is 0 Å². The summed E-state index contributed by atoms with van der Waals surface area (Å²) in [6, 6.07) is 15.2. The Morgan fingerprint density at radius 3 is 2.45 bits per heavy atom. The van der Waals surface area contributed by atoms with E-state index in [2.05, 4.69) is 10.3 Å². The van der Waals surface area contributed by atoms with Crippen LogP contribution in [0, 0.1) is 6.92 Å². The Hall–Kier alpha value is -2.04. The highest BCUT2D eigenvalue weighted by atomic mass is 35.5. The number of nitrogens with one attached hydrogen (secondary N) is 1. The quantitative estimate of drug-likeness (QED) is 0.822. The summed E-state index contributed by atoms with van der Waals surface area (Å²) in [6.45, 7) is 2.02. The van der Waals surface area contributed by atoms with Crippen molar-refractivity contribution in [1.29, 1.82) is 0 Å². The van der Waals surface area contributed by atoms with Gasteiger partial charge >= 0.3 is 0 Å². The van der Waals surface area contributed by atoms with Crippen molar-refractivity contribution in [3.05, 3.63) is 69.6 Å². The van der Waals surface area contributed by atoms with Gasteiger partial charge in [0.1, 0.15) is 0 Å². The van der Waals surface area contributed by atoms with Gasteiger partial charge in [-0.15, -0.1) is 0 Å². The van der Waals surface area contributed by atoms with Crippen LogP contribution >= 0.6 is 23.4 Å². The summed E-state index contributed by atoms with van der Waals surface area (Å²) in [4.78, 5) is 17.1. The van der Waals surface area contributed by atoms with Crippen LogP contribution in [0.5, 0.6) is 0 Å². The minimum absolute atomic E-state index is 0.134. The van der Waals surface area contributed by atoms with E-state index in [1.54, 1.807) is 12.1 Å². The Labute approximate surface area is 138 Å². The van der Waals surface area contributed by atoms with Crippen LogP contribution in [-0.4, -0.2) is 11.1 Å². The largest absolute Gasteiger partial charge is 0.300 e. The summed E-state index contributed by atoms with van der Waals surface area (Å²) in [5.41, 5.74) is 2.93. The smallest absolute Gasteiger partial charge is 0.264 e. The van der Waals surface area contributed by atoms with Gasteiger partial charge in [0, 0.05) is 5.02 Å². The zero-order chi connectivity index (χ0) is 15.5. The Morgan fingerprint density at radius 1 is 1.09 bits per heavy atom. The van der Waals surface area contributed by atoms with Gasteiger partial charge in [0.05, 0.1) is 10.6 Å². The van der Waals surface area contributed by atoms with E-state index in [0.29, 0.717) is 15.1 Å². The maximum Gasteiger partial charge on any atom is 0.264 e. The minimum Gasteiger partial charge on any atom is -0.300 e. The fourth-order valence-electron chi connectivity index (χ4n) is 1.93. The first-order valence-electron chi connectivity index (χ1n) is 6.72. The van der Waals surface area contributed by atoms with E-state index >= 15 is 0 Å². The third-order valence-corrected chi connectivity index (χ3v) is 4.25. The van der Waals surface area contributed by atoms with E-state index in [0.717, 1.165) is 11.3 Å². The van der Waals surface area contributed by atoms with Gasteiger partial charge in [-0.25, -0.2) is 4.99 Å². The zero-order valence-electron chi connectivity index (χ0n) is 11.8. The number of aliphatic imine (C=N–C) groups is 1. The number of hydrogen-bond acceptors (Lipinski definition) is 3. The van der Waals surface area contributed by atoms with E-state index in [1.165, 1.54) is 17.3 Å². The van der Waals surface area contributed by atoms with Gasteiger partial charge in [-0.3, -0.25) is 4.79 Å². The number of benzene rings is 2. The molecule has 2 aromatic carbocycles. The average Bonchev–Trinajstić information content (AvgIpc) is 2.84. The van der Waals surface area contributed by atoms with Gasteiger partial charge in [-0.05, 0) is 54.6 Å². The third kappa shape index (κ3) is 3.59. The molecule has 1 saturated heterocycles. The Morgan fingerprint density at radius 2 is 1.77 bits per heavy atom. The van der Waals surface area contributed by atoms with Crippen molar-refractivity contribution in [2.45, 2.75) is 6.92 Å². The summed E-state index contributed by atoms with van der Waals surface area (Å²) in [7, 11) is 0. The molecular weight excluding hydrogens is 316 g/mol. The van der Waals surface area contributed by atoms with Crippen LogP contribution in [0.15, 0.2) is 58.4 Å². The number of hydrogen-bond donors (Lipinski definition) is 1. The molecule has 0 aliphatic carbocycles. The summed E-state index contributed by atoms with van der Waals surface area (Å²) >= 11 is 7.19. The number of rotatable bonds is 2. The van der Waals surface area contributed by atoms with Gasteiger partial charge in [0.15, 0.2) is 5.17 Å². The lowest BCUT2D eigenvalue weighted by atomic mass is 10.2. The van der Waals surface area contributed by atoms with Crippen LogP contribution in [0.25, 0.3) is 6.08 Å². The highest BCUT2D eigenvalue weighted by Crippen LogP contribution is 2.28. The molecule has 5 heteroatoms. The second-order valence-electron chi connectivity index (χ2n) is 4.87. The van der Waals surface area contributed by atoms with Crippen molar-refractivity contribution >= 4 is 46.2 Å². The molecule has 1 heterocycles. The van der Waals surface area contributed by atoms with Crippen molar-refractivity contribution in [3.63, 3.8) is 0 Å². The molecule has 0 atom stereocenters. The number of halogens is 1. The van der Waals surface area contributed by atoms with Gasteiger partial charge in [-0.1, -0.05) is 41.4 Å². The number of amides is 1. The minimum atomic E-state index is -0.134.